The summed E-state index contributed by atoms with van der Waals surface area (Å²) < 4.78 is 13.2. The van der Waals surface area contributed by atoms with Crippen LogP contribution in [0.3, 0.4) is 0 Å². The molecule has 0 aliphatic carbocycles. The predicted molar refractivity (Wildman–Crippen MR) is 70.0 cm³/mol. The van der Waals surface area contributed by atoms with Crippen LogP contribution in [0.4, 0.5) is 21.6 Å². The first-order chi connectivity index (χ1) is 9.09. The molecule has 3 N–H and O–H groups in total. The molecule has 1 aliphatic heterocycles. The van der Waals surface area contributed by atoms with Gasteiger partial charge in [-0.25, -0.2) is 9.37 Å². The molecule has 1 aromatic heterocycles. The SMILES string of the molecule is NC1N(O)c2ncccc2N1c1ccc(F)c(Cl)c1. The molecule has 0 saturated heterocycles. The van der Waals surface area contributed by atoms with E-state index in [-0.39, 0.29) is 5.02 Å². The second kappa shape index (κ2) is 4.34. The molecule has 5 nitrogen and oxygen atoms in total. The first-order valence-corrected chi connectivity index (χ1v) is 5.90. The third-order valence-electron chi connectivity index (χ3n) is 2.94. The molecule has 7 heteroatoms. The number of benzene rings is 1. The molecular weight excluding hydrogens is 271 g/mol. The van der Waals surface area contributed by atoms with E-state index in [4.69, 9.17) is 17.3 Å². The number of hydroxylamine groups is 1. The van der Waals surface area contributed by atoms with Gasteiger partial charge in [-0.1, -0.05) is 11.6 Å². The molecule has 2 heterocycles. The standard InChI is InChI=1S/C12H10ClFN4O/c13-8-6-7(3-4-9(8)14)17-10-2-1-5-16-11(10)18(19)12(17)15/h1-6,12,19H,15H2. The molecule has 0 amide bonds. The highest BCUT2D eigenvalue weighted by atomic mass is 35.5. The van der Waals surface area contributed by atoms with Gasteiger partial charge in [-0.15, -0.1) is 0 Å². The highest BCUT2D eigenvalue weighted by Crippen LogP contribution is 2.40. The maximum absolute atomic E-state index is 13.2. The highest BCUT2D eigenvalue weighted by molar-refractivity contribution is 6.31. The van der Waals surface area contributed by atoms with Crippen molar-refractivity contribution in [2.75, 3.05) is 9.96 Å². The van der Waals surface area contributed by atoms with Crippen LogP contribution >= 0.6 is 11.6 Å². The molecule has 0 fully saturated rings. The van der Waals surface area contributed by atoms with Gasteiger partial charge in [-0.3, -0.25) is 10.9 Å². The first-order valence-electron chi connectivity index (χ1n) is 5.52. The van der Waals surface area contributed by atoms with E-state index in [0.717, 1.165) is 5.06 Å². The van der Waals surface area contributed by atoms with Crippen molar-refractivity contribution in [3.05, 3.63) is 47.4 Å². The van der Waals surface area contributed by atoms with Crippen LogP contribution in [-0.4, -0.2) is 16.5 Å². The molecule has 98 valence electrons. The second-order valence-electron chi connectivity index (χ2n) is 4.07. The second-order valence-corrected chi connectivity index (χ2v) is 4.48. The topological polar surface area (TPSA) is 65.6 Å². The van der Waals surface area contributed by atoms with Crippen LogP contribution in [0.25, 0.3) is 0 Å². The fraction of sp³-hybridized carbons (Fsp3) is 0.0833. The van der Waals surface area contributed by atoms with E-state index in [0.29, 0.717) is 17.2 Å². The Hall–Kier alpha value is -1.89. The van der Waals surface area contributed by atoms with E-state index in [9.17, 15) is 9.60 Å². The Kier molecular flexibility index (Phi) is 2.78. The molecule has 1 atom stereocenters. The number of nitrogens with zero attached hydrogens (tertiary/aromatic N) is 3. The molecule has 2 aromatic rings. The van der Waals surface area contributed by atoms with Crippen LogP contribution in [0, 0.1) is 5.82 Å². The van der Waals surface area contributed by atoms with E-state index >= 15 is 0 Å². The van der Waals surface area contributed by atoms with Crippen molar-refractivity contribution >= 4 is 28.8 Å². The Morgan fingerprint density at radius 1 is 1.37 bits per heavy atom. The fourth-order valence-corrected chi connectivity index (χ4v) is 2.23. The minimum atomic E-state index is -0.841. The third-order valence-corrected chi connectivity index (χ3v) is 3.23. The lowest BCUT2D eigenvalue weighted by atomic mass is 10.2. The van der Waals surface area contributed by atoms with Gasteiger partial charge in [0.15, 0.2) is 12.1 Å². The molecule has 0 saturated carbocycles. The summed E-state index contributed by atoms with van der Waals surface area (Å²) in [6, 6.07) is 7.72. The minimum Gasteiger partial charge on any atom is -0.303 e. The van der Waals surface area contributed by atoms with Crippen molar-refractivity contribution in [2.45, 2.75) is 6.29 Å². The molecular formula is C12H10ClFN4O. The molecule has 1 unspecified atom stereocenters. The van der Waals surface area contributed by atoms with E-state index in [2.05, 4.69) is 4.98 Å². The molecule has 1 aliphatic rings. The van der Waals surface area contributed by atoms with Gasteiger partial charge in [0.1, 0.15) is 5.82 Å². The number of nitrogens with two attached hydrogens (primary N) is 1. The zero-order valence-corrected chi connectivity index (χ0v) is 10.4. The number of aromatic nitrogens is 1. The normalized spacial score (nSPS) is 17.8. The largest absolute Gasteiger partial charge is 0.303 e. The van der Waals surface area contributed by atoms with Gasteiger partial charge >= 0.3 is 0 Å². The Balaban J connectivity index is 2.12. The molecule has 1 aromatic carbocycles. The van der Waals surface area contributed by atoms with Crippen LogP contribution in [0.1, 0.15) is 0 Å². The predicted octanol–water partition coefficient (Wildman–Crippen LogP) is 2.46. The van der Waals surface area contributed by atoms with E-state index < -0.39 is 12.1 Å². The smallest absolute Gasteiger partial charge is 0.185 e. The van der Waals surface area contributed by atoms with Crippen molar-refractivity contribution in [1.29, 1.82) is 0 Å². The summed E-state index contributed by atoms with van der Waals surface area (Å²) in [5, 5.41) is 10.7. The van der Waals surface area contributed by atoms with Crippen molar-refractivity contribution in [3.63, 3.8) is 0 Å². The summed E-state index contributed by atoms with van der Waals surface area (Å²) in [4.78, 5) is 5.67. The van der Waals surface area contributed by atoms with Gasteiger partial charge in [-0.05, 0) is 30.3 Å². The van der Waals surface area contributed by atoms with Crippen molar-refractivity contribution in [3.8, 4) is 0 Å². The molecule has 0 bridgehead atoms. The van der Waals surface area contributed by atoms with E-state index in [1.54, 1.807) is 23.2 Å². The van der Waals surface area contributed by atoms with Crippen LogP contribution in [0.5, 0.6) is 0 Å². The summed E-state index contributed by atoms with van der Waals surface area (Å²) >= 11 is 5.77. The number of pyridine rings is 1. The lowest BCUT2D eigenvalue weighted by molar-refractivity contribution is 0.226. The van der Waals surface area contributed by atoms with Gasteiger partial charge in [-0.2, -0.15) is 5.06 Å². The molecule has 0 radical (unpaired) electrons. The van der Waals surface area contributed by atoms with Crippen LogP contribution in [-0.2, 0) is 0 Å². The van der Waals surface area contributed by atoms with Crippen molar-refractivity contribution in [2.24, 2.45) is 5.73 Å². The van der Waals surface area contributed by atoms with E-state index in [1.807, 2.05) is 0 Å². The zero-order chi connectivity index (χ0) is 13.6. The van der Waals surface area contributed by atoms with Gasteiger partial charge < -0.3 is 4.90 Å². The lowest BCUT2D eigenvalue weighted by Crippen LogP contribution is -2.46. The summed E-state index contributed by atoms with van der Waals surface area (Å²) in [6.45, 7) is 0. The lowest BCUT2D eigenvalue weighted by Gasteiger charge is -2.25. The Labute approximate surface area is 113 Å². The third kappa shape index (κ3) is 1.81. The minimum absolute atomic E-state index is 0.00784. The summed E-state index contributed by atoms with van der Waals surface area (Å²) in [7, 11) is 0. The zero-order valence-electron chi connectivity index (χ0n) is 9.66. The fourth-order valence-electron chi connectivity index (χ4n) is 2.06. The Morgan fingerprint density at radius 3 is 2.89 bits per heavy atom. The van der Waals surface area contributed by atoms with Gasteiger partial charge in [0.2, 0.25) is 0 Å². The molecule has 3 rings (SSSR count). The quantitative estimate of drug-likeness (QED) is 0.840. The van der Waals surface area contributed by atoms with Gasteiger partial charge in [0.25, 0.3) is 0 Å². The van der Waals surface area contributed by atoms with Gasteiger partial charge in [0, 0.05) is 11.9 Å². The maximum atomic E-state index is 13.2. The van der Waals surface area contributed by atoms with Crippen molar-refractivity contribution in [1.82, 2.24) is 4.98 Å². The van der Waals surface area contributed by atoms with Gasteiger partial charge in [0.05, 0.1) is 10.7 Å². The number of fused-ring (bicyclic) bond motifs is 1. The summed E-state index contributed by atoms with van der Waals surface area (Å²) in [5.41, 5.74) is 7.12. The Morgan fingerprint density at radius 2 is 2.16 bits per heavy atom. The van der Waals surface area contributed by atoms with Crippen LogP contribution < -0.4 is 15.7 Å². The molecule has 0 spiro atoms. The Bertz CT molecular complexity index is 639. The average molecular weight is 281 g/mol. The average Bonchev–Trinajstić information content (AvgIpc) is 2.66. The summed E-state index contributed by atoms with van der Waals surface area (Å²) in [6.07, 6.45) is 0.710. The summed E-state index contributed by atoms with van der Waals surface area (Å²) in [5.74, 6) is -0.166. The maximum Gasteiger partial charge on any atom is 0.185 e. The molecule has 19 heavy (non-hydrogen) atoms. The number of hydrogen-bond donors (Lipinski definition) is 2. The van der Waals surface area contributed by atoms with Crippen LogP contribution in [0.2, 0.25) is 5.02 Å². The number of halogens is 2. The number of anilines is 3. The van der Waals surface area contributed by atoms with Crippen LogP contribution in [0.15, 0.2) is 36.5 Å². The monoisotopic (exact) mass is 280 g/mol. The van der Waals surface area contributed by atoms with Crippen molar-refractivity contribution < 1.29 is 9.60 Å². The number of rotatable bonds is 1. The highest BCUT2D eigenvalue weighted by Gasteiger charge is 2.35. The number of hydrogen-bond acceptors (Lipinski definition) is 5. The van der Waals surface area contributed by atoms with E-state index in [1.165, 1.54) is 18.2 Å². The first kappa shape index (κ1) is 12.2.